The van der Waals surface area contributed by atoms with E-state index in [2.05, 4.69) is 15.4 Å². The molecule has 0 atom stereocenters. The van der Waals surface area contributed by atoms with Gasteiger partial charge in [-0.05, 0) is 20.8 Å². The molecule has 0 amide bonds. The first kappa shape index (κ1) is 12.0. The Morgan fingerprint density at radius 2 is 2.24 bits per heavy atom. The number of hydrogen-bond donors (Lipinski definition) is 1. The molecule has 92 valence electrons. The van der Waals surface area contributed by atoms with Gasteiger partial charge in [0.25, 0.3) is 0 Å². The van der Waals surface area contributed by atoms with E-state index in [0.717, 1.165) is 16.6 Å². The van der Waals surface area contributed by atoms with Gasteiger partial charge in [0.1, 0.15) is 5.76 Å². The molecule has 0 aromatic carbocycles. The number of aromatic nitrogens is 4. The SMILES string of the molecule is Cc1cc(CSc2nnc(N)n2C(C)C)no1. The van der Waals surface area contributed by atoms with Crippen molar-refractivity contribution in [3.63, 3.8) is 0 Å². The summed E-state index contributed by atoms with van der Waals surface area (Å²) in [7, 11) is 0. The lowest BCUT2D eigenvalue weighted by Gasteiger charge is -2.10. The van der Waals surface area contributed by atoms with E-state index in [1.165, 1.54) is 0 Å². The summed E-state index contributed by atoms with van der Waals surface area (Å²) in [4.78, 5) is 0. The highest BCUT2D eigenvalue weighted by molar-refractivity contribution is 7.98. The Bertz CT molecular complexity index is 505. The second-order valence-corrected chi connectivity index (χ2v) is 4.96. The van der Waals surface area contributed by atoms with Gasteiger partial charge in [-0.15, -0.1) is 10.2 Å². The normalized spacial score (nSPS) is 11.3. The molecule has 2 heterocycles. The van der Waals surface area contributed by atoms with Crippen molar-refractivity contribution >= 4 is 17.7 Å². The van der Waals surface area contributed by atoms with Crippen molar-refractivity contribution in [1.82, 2.24) is 19.9 Å². The summed E-state index contributed by atoms with van der Waals surface area (Å²) < 4.78 is 6.91. The third kappa shape index (κ3) is 2.60. The maximum Gasteiger partial charge on any atom is 0.222 e. The third-order valence-electron chi connectivity index (χ3n) is 2.23. The number of nitrogen functional groups attached to an aromatic ring is 1. The molecule has 0 fully saturated rings. The Labute approximate surface area is 104 Å². The molecule has 6 nitrogen and oxygen atoms in total. The van der Waals surface area contributed by atoms with Crippen LogP contribution in [0.4, 0.5) is 5.95 Å². The molecular formula is C10H15N5OS. The molecule has 0 radical (unpaired) electrons. The average molecular weight is 253 g/mol. The third-order valence-corrected chi connectivity index (χ3v) is 3.21. The molecule has 17 heavy (non-hydrogen) atoms. The van der Waals surface area contributed by atoms with Gasteiger partial charge < -0.3 is 10.3 Å². The molecule has 0 aliphatic heterocycles. The van der Waals surface area contributed by atoms with E-state index < -0.39 is 0 Å². The van der Waals surface area contributed by atoms with Crippen LogP contribution in [0.5, 0.6) is 0 Å². The first-order valence-electron chi connectivity index (χ1n) is 5.33. The zero-order valence-corrected chi connectivity index (χ0v) is 10.9. The van der Waals surface area contributed by atoms with Gasteiger partial charge in [-0.3, -0.25) is 4.57 Å². The van der Waals surface area contributed by atoms with Crippen LogP contribution in [-0.2, 0) is 5.75 Å². The Hall–Kier alpha value is -1.50. The van der Waals surface area contributed by atoms with Gasteiger partial charge in [0.05, 0.1) is 5.69 Å². The maximum atomic E-state index is 5.76. The molecule has 0 spiro atoms. The lowest BCUT2D eigenvalue weighted by atomic mass is 10.4. The van der Waals surface area contributed by atoms with E-state index in [0.29, 0.717) is 11.7 Å². The van der Waals surface area contributed by atoms with Crippen molar-refractivity contribution in [1.29, 1.82) is 0 Å². The summed E-state index contributed by atoms with van der Waals surface area (Å²) >= 11 is 1.55. The fourth-order valence-electron chi connectivity index (χ4n) is 1.50. The molecule has 0 bridgehead atoms. The molecule has 0 saturated carbocycles. The summed E-state index contributed by atoms with van der Waals surface area (Å²) in [5.74, 6) is 1.95. The molecule has 0 unspecified atom stereocenters. The summed E-state index contributed by atoms with van der Waals surface area (Å²) in [6, 6.07) is 2.15. The number of thioether (sulfide) groups is 1. The molecule has 0 saturated heterocycles. The van der Waals surface area contributed by atoms with Crippen LogP contribution in [0.25, 0.3) is 0 Å². The van der Waals surface area contributed by atoms with Crippen LogP contribution in [0.2, 0.25) is 0 Å². The number of hydrogen-bond acceptors (Lipinski definition) is 6. The van der Waals surface area contributed by atoms with Gasteiger partial charge in [-0.25, -0.2) is 0 Å². The van der Waals surface area contributed by atoms with Crippen LogP contribution in [0, 0.1) is 6.92 Å². The van der Waals surface area contributed by atoms with Crippen LogP contribution in [0.15, 0.2) is 15.7 Å². The van der Waals surface area contributed by atoms with Gasteiger partial charge in [0, 0.05) is 17.9 Å². The van der Waals surface area contributed by atoms with Crippen LogP contribution in [0.1, 0.15) is 31.3 Å². The predicted molar refractivity (Wildman–Crippen MR) is 65.6 cm³/mol. The Balaban J connectivity index is 2.09. The highest BCUT2D eigenvalue weighted by Gasteiger charge is 2.13. The number of nitrogens with zero attached hydrogens (tertiary/aromatic N) is 4. The van der Waals surface area contributed by atoms with E-state index in [9.17, 15) is 0 Å². The van der Waals surface area contributed by atoms with E-state index >= 15 is 0 Å². The van der Waals surface area contributed by atoms with Gasteiger partial charge in [-0.2, -0.15) is 0 Å². The molecule has 2 aromatic heterocycles. The molecule has 0 aliphatic carbocycles. The lowest BCUT2D eigenvalue weighted by molar-refractivity contribution is 0.393. The summed E-state index contributed by atoms with van der Waals surface area (Å²) in [5.41, 5.74) is 6.65. The lowest BCUT2D eigenvalue weighted by Crippen LogP contribution is -2.07. The van der Waals surface area contributed by atoms with Crippen molar-refractivity contribution in [2.24, 2.45) is 0 Å². The molecule has 0 aliphatic rings. The number of aryl methyl sites for hydroxylation is 1. The van der Waals surface area contributed by atoms with Crippen molar-refractivity contribution in [3.05, 3.63) is 17.5 Å². The van der Waals surface area contributed by atoms with E-state index in [4.69, 9.17) is 10.3 Å². The van der Waals surface area contributed by atoms with Crippen LogP contribution in [0.3, 0.4) is 0 Å². The zero-order chi connectivity index (χ0) is 12.4. The van der Waals surface area contributed by atoms with Crippen molar-refractivity contribution in [3.8, 4) is 0 Å². The summed E-state index contributed by atoms with van der Waals surface area (Å²) in [6.07, 6.45) is 0. The van der Waals surface area contributed by atoms with Gasteiger partial charge in [0.2, 0.25) is 5.95 Å². The molecule has 2 rings (SSSR count). The van der Waals surface area contributed by atoms with Crippen molar-refractivity contribution in [2.45, 2.75) is 37.7 Å². The second-order valence-electron chi connectivity index (χ2n) is 4.02. The van der Waals surface area contributed by atoms with Gasteiger partial charge in [0.15, 0.2) is 5.16 Å². The molecule has 2 N–H and O–H groups in total. The average Bonchev–Trinajstić information content (AvgIpc) is 2.82. The van der Waals surface area contributed by atoms with Gasteiger partial charge >= 0.3 is 0 Å². The number of rotatable bonds is 4. The van der Waals surface area contributed by atoms with Crippen molar-refractivity contribution < 1.29 is 4.52 Å². The van der Waals surface area contributed by atoms with Gasteiger partial charge in [-0.1, -0.05) is 16.9 Å². The Morgan fingerprint density at radius 3 is 2.82 bits per heavy atom. The van der Waals surface area contributed by atoms with Crippen LogP contribution < -0.4 is 5.73 Å². The van der Waals surface area contributed by atoms with Crippen molar-refractivity contribution in [2.75, 3.05) is 5.73 Å². The molecule has 2 aromatic rings. The zero-order valence-electron chi connectivity index (χ0n) is 10.0. The maximum absolute atomic E-state index is 5.76. The predicted octanol–water partition coefficient (Wildman–Crippen LogP) is 2.03. The number of nitrogens with two attached hydrogens (primary N) is 1. The minimum atomic E-state index is 0.242. The minimum Gasteiger partial charge on any atom is -0.368 e. The first-order chi connectivity index (χ1) is 8.08. The molecular weight excluding hydrogens is 238 g/mol. The standard InChI is InChI=1S/C10H15N5OS/c1-6(2)15-9(11)12-13-10(15)17-5-8-4-7(3)16-14-8/h4,6H,5H2,1-3H3,(H2,11,12). The highest BCUT2D eigenvalue weighted by Crippen LogP contribution is 2.25. The van der Waals surface area contributed by atoms with E-state index in [1.54, 1.807) is 11.8 Å². The minimum absolute atomic E-state index is 0.242. The molecule has 7 heteroatoms. The summed E-state index contributed by atoms with van der Waals surface area (Å²) in [5, 5.41) is 12.7. The quantitative estimate of drug-likeness (QED) is 0.839. The van der Waals surface area contributed by atoms with Crippen LogP contribution in [-0.4, -0.2) is 19.9 Å². The summed E-state index contributed by atoms with van der Waals surface area (Å²) in [6.45, 7) is 5.96. The number of anilines is 1. The first-order valence-corrected chi connectivity index (χ1v) is 6.32. The highest BCUT2D eigenvalue weighted by atomic mass is 32.2. The fourth-order valence-corrected chi connectivity index (χ4v) is 2.45. The second kappa shape index (κ2) is 4.79. The van der Waals surface area contributed by atoms with E-state index in [1.807, 2.05) is 31.4 Å². The Kier molecular flexibility index (Phi) is 3.37. The largest absolute Gasteiger partial charge is 0.368 e. The smallest absolute Gasteiger partial charge is 0.222 e. The van der Waals surface area contributed by atoms with E-state index in [-0.39, 0.29) is 6.04 Å². The Morgan fingerprint density at radius 1 is 1.47 bits per heavy atom. The fraction of sp³-hybridized carbons (Fsp3) is 0.500. The monoisotopic (exact) mass is 253 g/mol. The van der Waals surface area contributed by atoms with Crippen LogP contribution >= 0.6 is 11.8 Å². The topological polar surface area (TPSA) is 82.8 Å².